The van der Waals surface area contributed by atoms with Crippen LogP contribution in [0.4, 0.5) is 5.69 Å². The molecule has 1 saturated heterocycles. The predicted molar refractivity (Wildman–Crippen MR) is 118 cm³/mol. The van der Waals surface area contributed by atoms with Gasteiger partial charge in [-0.15, -0.1) is 0 Å². The minimum atomic E-state index is -0.479. The largest absolute Gasteiger partial charge is 0.368 e. The van der Waals surface area contributed by atoms with Crippen molar-refractivity contribution in [3.05, 3.63) is 65.7 Å². The summed E-state index contributed by atoms with van der Waals surface area (Å²) in [6.07, 6.45) is 1.79. The van der Waals surface area contributed by atoms with E-state index in [-0.39, 0.29) is 24.3 Å². The number of nitrogens with one attached hydrogen (secondary N) is 1. The number of piperidine rings is 1. The van der Waals surface area contributed by atoms with Gasteiger partial charge < -0.3 is 16.0 Å². The molecule has 0 unspecified atom stereocenters. The number of anilines is 1. The Kier molecular flexibility index (Phi) is 6.32. The van der Waals surface area contributed by atoms with Crippen molar-refractivity contribution in [2.75, 3.05) is 25.0 Å². The monoisotopic (exact) mass is 420 g/mol. The fourth-order valence-corrected chi connectivity index (χ4v) is 4.45. The fourth-order valence-electron chi connectivity index (χ4n) is 4.45. The Morgan fingerprint density at radius 3 is 2.26 bits per heavy atom. The van der Waals surface area contributed by atoms with Crippen molar-refractivity contribution in [2.24, 2.45) is 11.7 Å². The molecule has 0 saturated carbocycles. The van der Waals surface area contributed by atoms with Gasteiger partial charge in [-0.05, 0) is 42.5 Å². The minimum Gasteiger partial charge on any atom is -0.368 e. The van der Waals surface area contributed by atoms with Crippen molar-refractivity contribution in [3.8, 4) is 0 Å². The molecule has 1 fully saturated rings. The molecule has 1 atom stereocenters. The first-order valence-corrected chi connectivity index (χ1v) is 10.7. The summed E-state index contributed by atoms with van der Waals surface area (Å²) < 4.78 is 0. The molecule has 2 aromatic rings. The fraction of sp³-hybridized carbons (Fsp3) is 0.375. The van der Waals surface area contributed by atoms with E-state index in [0.29, 0.717) is 38.9 Å². The molecule has 2 aliphatic heterocycles. The van der Waals surface area contributed by atoms with E-state index in [1.54, 1.807) is 4.90 Å². The second-order valence-electron chi connectivity index (χ2n) is 8.31. The van der Waals surface area contributed by atoms with E-state index in [1.165, 1.54) is 0 Å². The van der Waals surface area contributed by atoms with Gasteiger partial charge in [-0.1, -0.05) is 42.5 Å². The molecule has 7 nitrogen and oxygen atoms in total. The Morgan fingerprint density at radius 2 is 1.58 bits per heavy atom. The maximum Gasteiger partial charge on any atom is 0.236 e. The highest BCUT2D eigenvalue weighted by atomic mass is 16.2. The summed E-state index contributed by atoms with van der Waals surface area (Å²) in [5.41, 5.74) is 8.66. The van der Waals surface area contributed by atoms with E-state index in [0.717, 1.165) is 16.8 Å². The lowest BCUT2D eigenvalue weighted by atomic mass is 9.93. The standard InChI is InChI=1S/C24H28N4O3/c25-23(30)21-14-18-6-4-5-7-19(18)15-28(21)16-22(29)27-12-10-17(11-13-27)24(31)26-20-8-2-1-3-9-20/h1-9,17,21H,10-16H2,(H2,25,30)(H,26,31)/t21-/m0/s1. The molecule has 0 aromatic heterocycles. The van der Waals surface area contributed by atoms with Crippen molar-refractivity contribution < 1.29 is 14.4 Å². The molecule has 0 bridgehead atoms. The number of para-hydroxylation sites is 1. The number of likely N-dealkylation sites (tertiary alicyclic amines) is 1. The molecule has 2 aliphatic rings. The zero-order valence-electron chi connectivity index (χ0n) is 17.5. The number of carbonyl (C=O) groups excluding carboxylic acids is 3. The van der Waals surface area contributed by atoms with Crippen LogP contribution in [0.15, 0.2) is 54.6 Å². The van der Waals surface area contributed by atoms with Gasteiger partial charge in [0, 0.05) is 31.2 Å². The van der Waals surface area contributed by atoms with Crippen molar-refractivity contribution in [3.63, 3.8) is 0 Å². The van der Waals surface area contributed by atoms with Crippen LogP contribution in [0.3, 0.4) is 0 Å². The number of nitrogens with two attached hydrogens (primary N) is 1. The maximum atomic E-state index is 12.9. The highest BCUT2D eigenvalue weighted by Crippen LogP contribution is 2.24. The molecule has 0 aliphatic carbocycles. The summed E-state index contributed by atoms with van der Waals surface area (Å²) in [6, 6.07) is 16.9. The molecule has 0 radical (unpaired) electrons. The van der Waals surface area contributed by atoms with Crippen molar-refractivity contribution in [1.29, 1.82) is 0 Å². The summed E-state index contributed by atoms with van der Waals surface area (Å²) in [5, 5.41) is 2.95. The van der Waals surface area contributed by atoms with Gasteiger partial charge in [-0.25, -0.2) is 0 Å². The molecule has 2 heterocycles. The summed E-state index contributed by atoms with van der Waals surface area (Å²) in [6.45, 7) is 1.77. The number of benzene rings is 2. The Bertz CT molecular complexity index is 954. The lowest BCUT2D eigenvalue weighted by Gasteiger charge is -2.37. The summed E-state index contributed by atoms with van der Waals surface area (Å²) in [7, 11) is 0. The molecule has 4 rings (SSSR count). The van der Waals surface area contributed by atoms with Gasteiger partial charge in [0.25, 0.3) is 0 Å². The molecule has 3 amide bonds. The molecule has 7 heteroatoms. The van der Waals surface area contributed by atoms with Crippen molar-refractivity contribution in [2.45, 2.75) is 31.8 Å². The van der Waals surface area contributed by atoms with Crippen molar-refractivity contribution in [1.82, 2.24) is 9.80 Å². The lowest BCUT2D eigenvalue weighted by molar-refractivity contribution is -0.137. The van der Waals surface area contributed by atoms with Crippen LogP contribution in [0.2, 0.25) is 0 Å². The SMILES string of the molecule is NC(=O)[C@@H]1Cc2ccccc2CN1CC(=O)N1CCC(C(=O)Nc2ccccc2)CC1. The van der Waals surface area contributed by atoms with Gasteiger partial charge in [-0.3, -0.25) is 19.3 Å². The lowest BCUT2D eigenvalue weighted by Crippen LogP contribution is -2.53. The summed E-state index contributed by atoms with van der Waals surface area (Å²) in [5.74, 6) is -0.532. The molecular weight excluding hydrogens is 392 g/mol. The smallest absolute Gasteiger partial charge is 0.236 e. The Balaban J connectivity index is 1.32. The van der Waals surface area contributed by atoms with Crippen LogP contribution in [0.25, 0.3) is 0 Å². The van der Waals surface area contributed by atoms with Crippen LogP contribution in [0, 0.1) is 5.92 Å². The van der Waals surface area contributed by atoms with E-state index in [2.05, 4.69) is 5.32 Å². The molecule has 3 N–H and O–H groups in total. The Morgan fingerprint density at radius 1 is 0.935 bits per heavy atom. The zero-order chi connectivity index (χ0) is 21.8. The minimum absolute atomic E-state index is 0.000251. The molecule has 31 heavy (non-hydrogen) atoms. The van der Waals surface area contributed by atoms with Gasteiger partial charge in [-0.2, -0.15) is 0 Å². The number of hydrogen-bond acceptors (Lipinski definition) is 4. The number of amides is 3. The first kappa shape index (κ1) is 21.1. The molecular formula is C24H28N4O3. The summed E-state index contributed by atoms with van der Waals surface area (Å²) >= 11 is 0. The van der Waals surface area contributed by atoms with Crippen LogP contribution in [0.1, 0.15) is 24.0 Å². The first-order valence-electron chi connectivity index (χ1n) is 10.7. The molecule has 2 aromatic carbocycles. The number of fused-ring (bicyclic) bond motifs is 1. The number of primary amides is 1. The maximum absolute atomic E-state index is 12.9. The Labute approximate surface area is 182 Å². The van der Waals surface area contributed by atoms with Gasteiger partial charge >= 0.3 is 0 Å². The molecule has 162 valence electrons. The zero-order valence-corrected chi connectivity index (χ0v) is 17.5. The van der Waals surface area contributed by atoms with Gasteiger partial charge in [0.1, 0.15) is 0 Å². The number of hydrogen-bond donors (Lipinski definition) is 2. The second kappa shape index (κ2) is 9.31. The number of rotatable bonds is 5. The van der Waals surface area contributed by atoms with Crippen LogP contribution in [0.5, 0.6) is 0 Å². The van der Waals surface area contributed by atoms with Crippen LogP contribution in [-0.4, -0.2) is 53.2 Å². The summed E-state index contributed by atoms with van der Waals surface area (Å²) in [4.78, 5) is 41.2. The van der Waals surface area contributed by atoms with Crippen LogP contribution >= 0.6 is 0 Å². The van der Waals surface area contributed by atoms with Crippen molar-refractivity contribution >= 4 is 23.4 Å². The highest BCUT2D eigenvalue weighted by Gasteiger charge is 2.33. The first-order chi connectivity index (χ1) is 15.0. The number of nitrogens with zero attached hydrogens (tertiary/aromatic N) is 2. The van der Waals surface area contributed by atoms with E-state index in [4.69, 9.17) is 5.73 Å². The predicted octanol–water partition coefficient (Wildman–Crippen LogP) is 1.78. The van der Waals surface area contributed by atoms with Gasteiger partial charge in [0.15, 0.2) is 0 Å². The topological polar surface area (TPSA) is 95.7 Å². The van der Waals surface area contributed by atoms with Gasteiger partial charge in [0.05, 0.1) is 12.6 Å². The third kappa shape index (κ3) is 4.94. The third-order valence-electron chi connectivity index (χ3n) is 6.27. The third-order valence-corrected chi connectivity index (χ3v) is 6.27. The second-order valence-corrected chi connectivity index (χ2v) is 8.31. The number of carbonyl (C=O) groups is 3. The van der Waals surface area contributed by atoms with Crippen LogP contribution < -0.4 is 11.1 Å². The van der Waals surface area contributed by atoms with Gasteiger partial charge in [0.2, 0.25) is 17.7 Å². The van der Waals surface area contributed by atoms with Crippen LogP contribution in [-0.2, 0) is 27.3 Å². The normalized spacial score (nSPS) is 19.5. The van der Waals surface area contributed by atoms with E-state index in [1.807, 2.05) is 59.5 Å². The van der Waals surface area contributed by atoms with E-state index >= 15 is 0 Å². The average Bonchev–Trinajstić information content (AvgIpc) is 2.79. The highest BCUT2D eigenvalue weighted by molar-refractivity contribution is 5.92. The average molecular weight is 421 g/mol. The van der Waals surface area contributed by atoms with E-state index in [9.17, 15) is 14.4 Å². The Hall–Kier alpha value is -3.19. The molecule has 0 spiro atoms. The quantitative estimate of drug-likeness (QED) is 0.771. The van der Waals surface area contributed by atoms with E-state index < -0.39 is 11.9 Å².